The predicted octanol–water partition coefficient (Wildman–Crippen LogP) is 19.2. The highest BCUT2D eigenvalue weighted by Crippen LogP contribution is 2.15. The van der Waals surface area contributed by atoms with Crippen molar-refractivity contribution >= 4 is 17.9 Å². The Bertz CT molecular complexity index is 1210. The van der Waals surface area contributed by atoms with Gasteiger partial charge in [-0.1, -0.05) is 229 Å². The van der Waals surface area contributed by atoms with Gasteiger partial charge in [0.2, 0.25) is 0 Å². The minimum Gasteiger partial charge on any atom is -0.462 e. The lowest BCUT2D eigenvalue weighted by Gasteiger charge is -2.18. The van der Waals surface area contributed by atoms with Crippen LogP contribution in [0.2, 0.25) is 0 Å². The van der Waals surface area contributed by atoms with Crippen molar-refractivity contribution in [1.82, 2.24) is 0 Å². The number of carbonyl (C=O) groups is 3. The Labute approximate surface area is 415 Å². The summed E-state index contributed by atoms with van der Waals surface area (Å²) in [6, 6.07) is 0. The maximum Gasteiger partial charge on any atom is 0.306 e. The van der Waals surface area contributed by atoms with Gasteiger partial charge in [-0.05, 0) is 103 Å². The van der Waals surface area contributed by atoms with Crippen LogP contribution in [0.1, 0.15) is 290 Å². The normalized spacial score (nSPS) is 12.5. The summed E-state index contributed by atoms with van der Waals surface area (Å²) in [6.07, 6.45) is 69.3. The molecular weight excluding hydrogens is 829 g/mol. The molecule has 0 spiro atoms. The molecule has 1 atom stereocenters. The number of rotatable bonds is 52. The molecule has 388 valence electrons. The molecule has 1 unspecified atom stereocenters. The quantitative estimate of drug-likeness (QED) is 0.0262. The number of unbranched alkanes of at least 4 members (excludes halogenated alkanes) is 31. The van der Waals surface area contributed by atoms with Gasteiger partial charge in [-0.2, -0.15) is 0 Å². The highest BCUT2D eigenvalue weighted by molar-refractivity contribution is 5.71. The minimum atomic E-state index is -0.785. The van der Waals surface area contributed by atoms with Crippen molar-refractivity contribution in [3.05, 3.63) is 60.8 Å². The monoisotopic (exact) mass is 937 g/mol. The number of hydrogen-bond acceptors (Lipinski definition) is 6. The van der Waals surface area contributed by atoms with Crippen LogP contribution in [0.4, 0.5) is 0 Å². The molecule has 0 heterocycles. The van der Waals surface area contributed by atoms with E-state index in [9.17, 15) is 14.4 Å². The van der Waals surface area contributed by atoms with Gasteiger partial charge in [-0.3, -0.25) is 14.4 Å². The zero-order valence-corrected chi connectivity index (χ0v) is 44.4. The standard InChI is InChI=1S/C61H108O6/c1-4-7-10-13-16-19-22-24-26-28-29-30-31-32-33-34-36-37-39-42-45-48-51-54-60(63)66-57-58(56-65-59(62)53-50-47-44-41-21-18-15-12-9-6-3)67-61(64)55-52-49-46-43-40-38-35-27-25-23-20-17-14-11-8-5-2/h12,15,20,22-24,27-29,35,58H,4-11,13-14,16-19,21,25-26,30-34,36-57H2,1-3H3/b15-12-,23-20-,24-22-,29-28-,35-27-. The van der Waals surface area contributed by atoms with Crippen molar-refractivity contribution < 1.29 is 28.6 Å². The third-order valence-corrected chi connectivity index (χ3v) is 12.4. The number of ether oxygens (including phenoxy) is 3. The summed E-state index contributed by atoms with van der Waals surface area (Å²) in [5, 5.41) is 0. The molecular formula is C61H108O6. The first-order valence-electron chi connectivity index (χ1n) is 28.8. The Balaban J connectivity index is 4.28. The van der Waals surface area contributed by atoms with Crippen LogP contribution in [0.25, 0.3) is 0 Å². The summed E-state index contributed by atoms with van der Waals surface area (Å²) in [5.41, 5.74) is 0. The predicted molar refractivity (Wildman–Crippen MR) is 288 cm³/mol. The Morgan fingerprint density at radius 3 is 0.910 bits per heavy atom. The van der Waals surface area contributed by atoms with Crippen LogP contribution in [0.3, 0.4) is 0 Å². The van der Waals surface area contributed by atoms with E-state index >= 15 is 0 Å². The van der Waals surface area contributed by atoms with Gasteiger partial charge in [0.1, 0.15) is 13.2 Å². The topological polar surface area (TPSA) is 78.9 Å². The highest BCUT2D eigenvalue weighted by atomic mass is 16.6. The van der Waals surface area contributed by atoms with Crippen molar-refractivity contribution in [2.45, 2.75) is 297 Å². The van der Waals surface area contributed by atoms with Crippen LogP contribution in [0.5, 0.6) is 0 Å². The Morgan fingerprint density at radius 1 is 0.299 bits per heavy atom. The molecule has 0 aromatic heterocycles. The second-order valence-electron chi connectivity index (χ2n) is 19.2. The Kier molecular flexibility index (Phi) is 53.3. The molecule has 6 heteroatoms. The molecule has 0 radical (unpaired) electrons. The molecule has 0 aromatic rings. The van der Waals surface area contributed by atoms with E-state index in [4.69, 9.17) is 14.2 Å². The van der Waals surface area contributed by atoms with E-state index in [0.29, 0.717) is 19.3 Å². The van der Waals surface area contributed by atoms with Gasteiger partial charge in [-0.25, -0.2) is 0 Å². The van der Waals surface area contributed by atoms with Crippen molar-refractivity contribution in [2.24, 2.45) is 0 Å². The zero-order valence-electron chi connectivity index (χ0n) is 44.4. The second-order valence-corrected chi connectivity index (χ2v) is 19.2. The number of carbonyl (C=O) groups excluding carboxylic acids is 3. The van der Waals surface area contributed by atoms with Crippen LogP contribution < -0.4 is 0 Å². The summed E-state index contributed by atoms with van der Waals surface area (Å²) < 4.78 is 16.8. The van der Waals surface area contributed by atoms with Crippen molar-refractivity contribution in [2.75, 3.05) is 13.2 Å². The van der Waals surface area contributed by atoms with Gasteiger partial charge < -0.3 is 14.2 Å². The van der Waals surface area contributed by atoms with E-state index in [1.54, 1.807) is 0 Å². The van der Waals surface area contributed by atoms with Gasteiger partial charge in [0.05, 0.1) is 0 Å². The molecule has 0 saturated heterocycles. The fraction of sp³-hybridized carbons (Fsp3) is 0.787. The number of esters is 3. The SMILES string of the molecule is CCC/C=C\CCCCCCCC(=O)OCC(COC(=O)CCCCCCCCCCCCC/C=C\C/C=C\CCCCCCC)OC(=O)CCCCCCC/C=C\C/C=C\CCCCCC. The molecule has 0 aliphatic heterocycles. The van der Waals surface area contributed by atoms with Crippen LogP contribution in [0, 0.1) is 0 Å². The van der Waals surface area contributed by atoms with E-state index in [1.165, 1.54) is 148 Å². The minimum absolute atomic E-state index is 0.0829. The molecule has 67 heavy (non-hydrogen) atoms. The van der Waals surface area contributed by atoms with E-state index < -0.39 is 6.10 Å². The van der Waals surface area contributed by atoms with E-state index in [2.05, 4.69) is 81.5 Å². The maximum absolute atomic E-state index is 12.8. The lowest BCUT2D eigenvalue weighted by Crippen LogP contribution is -2.30. The Morgan fingerprint density at radius 2 is 0.567 bits per heavy atom. The summed E-state index contributed by atoms with van der Waals surface area (Å²) in [7, 11) is 0. The fourth-order valence-electron chi connectivity index (χ4n) is 8.09. The van der Waals surface area contributed by atoms with Gasteiger partial charge in [-0.15, -0.1) is 0 Å². The van der Waals surface area contributed by atoms with Crippen molar-refractivity contribution in [3.8, 4) is 0 Å². The lowest BCUT2D eigenvalue weighted by atomic mass is 10.0. The smallest absolute Gasteiger partial charge is 0.306 e. The molecule has 0 N–H and O–H groups in total. The molecule has 0 aliphatic carbocycles. The van der Waals surface area contributed by atoms with E-state index in [-0.39, 0.29) is 31.1 Å². The van der Waals surface area contributed by atoms with Gasteiger partial charge in [0, 0.05) is 19.3 Å². The summed E-state index contributed by atoms with van der Waals surface area (Å²) in [5.74, 6) is -0.902. The van der Waals surface area contributed by atoms with E-state index in [1.807, 2.05) is 0 Å². The average Bonchev–Trinajstić information content (AvgIpc) is 3.33. The van der Waals surface area contributed by atoms with Crippen LogP contribution in [0.15, 0.2) is 60.8 Å². The molecule has 0 bridgehead atoms. The summed E-state index contributed by atoms with van der Waals surface area (Å²) in [4.78, 5) is 38.0. The van der Waals surface area contributed by atoms with Crippen LogP contribution in [-0.2, 0) is 28.6 Å². The lowest BCUT2D eigenvalue weighted by molar-refractivity contribution is -0.167. The second kappa shape index (κ2) is 55.7. The highest BCUT2D eigenvalue weighted by Gasteiger charge is 2.19. The van der Waals surface area contributed by atoms with E-state index in [0.717, 1.165) is 103 Å². The first-order chi connectivity index (χ1) is 33.0. The molecule has 0 saturated carbocycles. The first-order valence-corrected chi connectivity index (χ1v) is 28.8. The van der Waals surface area contributed by atoms with Crippen LogP contribution >= 0.6 is 0 Å². The van der Waals surface area contributed by atoms with Gasteiger partial charge in [0.25, 0.3) is 0 Å². The fourth-order valence-corrected chi connectivity index (χ4v) is 8.09. The van der Waals surface area contributed by atoms with Crippen LogP contribution in [-0.4, -0.2) is 37.2 Å². The molecule has 0 aliphatic rings. The Hall–Kier alpha value is -2.89. The van der Waals surface area contributed by atoms with Gasteiger partial charge >= 0.3 is 17.9 Å². The third kappa shape index (κ3) is 53.9. The molecule has 0 rings (SSSR count). The zero-order chi connectivity index (χ0) is 48.6. The number of hydrogen-bond donors (Lipinski definition) is 0. The number of allylic oxidation sites excluding steroid dienone is 10. The average molecular weight is 938 g/mol. The third-order valence-electron chi connectivity index (χ3n) is 12.4. The molecule has 0 aromatic carbocycles. The summed E-state index contributed by atoms with van der Waals surface area (Å²) >= 11 is 0. The maximum atomic E-state index is 12.8. The molecule has 0 fully saturated rings. The molecule has 0 amide bonds. The first kappa shape index (κ1) is 64.1. The largest absolute Gasteiger partial charge is 0.462 e. The van der Waals surface area contributed by atoms with Crippen molar-refractivity contribution in [3.63, 3.8) is 0 Å². The summed E-state index contributed by atoms with van der Waals surface area (Å²) in [6.45, 7) is 6.55. The molecule has 6 nitrogen and oxygen atoms in total. The van der Waals surface area contributed by atoms with Crippen molar-refractivity contribution in [1.29, 1.82) is 0 Å². The van der Waals surface area contributed by atoms with Gasteiger partial charge in [0.15, 0.2) is 6.10 Å².